The summed E-state index contributed by atoms with van der Waals surface area (Å²) in [6, 6.07) is 14.2. The Kier molecular flexibility index (Phi) is 4.56. The second-order valence-corrected chi connectivity index (χ2v) is 5.63. The highest BCUT2D eigenvalue weighted by atomic mass is 79.9. The first-order chi connectivity index (χ1) is 9.08. The molecule has 4 heteroatoms. The lowest BCUT2D eigenvalue weighted by Gasteiger charge is -2.11. The average molecular weight is 335 g/mol. The van der Waals surface area contributed by atoms with Crippen molar-refractivity contribution in [3.05, 3.63) is 63.6 Å². The Labute approximate surface area is 127 Å². The van der Waals surface area contributed by atoms with Crippen LogP contribution in [0.3, 0.4) is 0 Å². The van der Waals surface area contributed by atoms with Crippen LogP contribution in [0.1, 0.15) is 16.7 Å². The maximum atomic E-state index is 5.65. The van der Waals surface area contributed by atoms with Gasteiger partial charge in [0.15, 0.2) is 0 Å². The van der Waals surface area contributed by atoms with Gasteiger partial charge in [-0.2, -0.15) is 0 Å². The van der Waals surface area contributed by atoms with Crippen LogP contribution in [0.2, 0.25) is 0 Å². The molecule has 0 fully saturated rings. The van der Waals surface area contributed by atoms with E-state index in [9.17, 15) is 0 Å². The third-order valence-electron chi connectivity index (χ3n) is 2.93. The first-order valence-electron chi connectivity index (χ1n) is 5.95. The highest BCUT2D eigenvalue weighted by molar-refractivity contribution is 9.10. The van der Waals surface area contributed by atoms with Crippen LogP contribution in [0.5, 0.6) is 0 Å². The number of nitrogens with one attached hydrogen (secondary N) is 1. The summed E-state index contributed by atoms with van der Waals surface area (Å²) in [6.45, 7) is 2.78. The van der Waals surface area contributed by atoms with Gasteiger partial charge in [-0.3, -0.25) is 0 Å². The summed E-state index contributed by atoms with van der Waals surface area (Å²) in [5.74, 6) is 0. The van der Waals surface area contributed by atoms with Gasteiger partial charge in [0, 0.05) is 22.3 Å². The summed E-state index contributed by atoms with van der Waals surface area (Å²) in [5, 5.41) is 3.39. The normalized spacial score (nSPS) is 10.2. The molecule has 0 radical (unpaired) electrons. The first-order valence-corrected chi connectivity index (χ1v) is 7.16. The van der Waals surface area contributed by atoms with Crippen molar-refractivity contribution in [2.45, 2.75) is 13.5 Å². The van der Waals surface area contributed by atoms with Crippen LogP contribution in [0.25, 0.3) is 0 Å². The van der Waals surface area contributed by atoms with Gasteiger partial charge in [0.05, 0.1) is 0 Å². The van der Waals surface area contributed by atoms with E-state index < -0.39 is 0 Å². The number of benzene rings is 2. The molecule has 0 aliphatic rings. The number of rotatable bonds is 4. The van der Waals surface area contributed by atoms with Crippen molar-refractivity contribution in [3.8, 4) is 0 Å². The Morgan fingerprint density at radius 2 is 2.00 bits per heavy atom. The summed E-state index contributed by atoms with van der Waals surface area (Å²) in [7, 11) is 0. The molecule has 0 saturated heterocycles. The van der Waals surface area contributed by atoms with E-state index in [4.69, 9.17) is 18.0 Å². The second kappa shape index (κ2) is 6.17. The molecular formula is C15H15BrN2S. The van der Waals surface area contributed by atoms with Crippen molar-refractivity contribution in [2.75, 3.05) is 5.32 Å². The molecule has 0 heterocycles. The number of anilines is 1. The molecule has 98 valence electrons. The predicted molar refractivity (Wildman–Crippen MR) is 88.5 cm³/mol. The van der Waals surface area contributed by atoms with Crippen LogP contribution in [0.15, 0.2) is 46.9 Å². The van der Waals surface area contributed by atoms with Gasteiger partial charge in [-0.15, -0.1) is 0 Å². The molecule has 2 aromatic carbocycles. The van der Waals surface area contributed by atoms with Crippen molar-refractivity contribution in [1.82, 2.24) is 0 Å². The van der Waals surface area contributed by atoms with E-state index >= 15 is 0 Å². The first kappa shape index (κ1) is 14.0. The number of nitrogens with two attached hydrogens (primary N) is 1. The maximum absolute atomic E-state index is 5.65. The zero-order valence-electron chi connectivity index (χ0n) is 10.6. The van der Waals surface area contributed by atoms with E-state index in [1.807, 2.05) is 37.3 Å². The molecule has 3 N–H and O–H groups in total. The third-order valence-corrected chi connectivity index (χ3v) is 3.93. The van der Waals surface area contributed by atoms with Crippen molar-refractivity contribution in [1.29, 1.82) is 0 Å². The molecular weight excluding hydrogens is 320 g/mol. The number of hydrogen-bond acceptors (Lipinski definition) is 2. The number of aryl methyl sites for hydroxylation is 1. The zero-order valence-corrected chi connectivity index (χ0v) is 13.0. The summed E-state index contributed by atoms with van der Waals surface area (Å²) in [6.07, 6.45) is 0. The minimum absolute atomic E-state index is 0.440. The minimum Gasteiger partial charge on any atom is -0.389 e. The van der Waals surface area contributed by atoms with Crippen molar-refractivity contribution < 1.29 is 0 Å². The molecule has 0 bridgehead atoms. The largest absolute Gasteiger partial charge is 0.389 e. The Hall–Kier alpha value is -1.39. The van der Waals surface area contributed by atoms with Crippen LogP contribution in [-0.4, -0.2) is 4.99 Å². The molecule has 2 nitrogen and oxygen atoms in total. The molecule has 0 unspecified atom stereocenters. The highest BCUT2D eigenvalue weighted by Crippen LogP contribution is 2.19. The van der Waals surface area contributed by atoms with E-state index in [0.717, 1.165) is 27.8 Å². The summed E-state index contributed by atoms with van der Waals surface area (Å²) in [4.78, 5) is 0.440. The van der Waals surface area contributed by atoms with Crippen LogP contribution < -0.4 is 11.1 Å². The Morgan fingerprint density at radius 1 is 1.26 bits per heavy atom. The second-order valence-electron chi connectivity index (χ2n) is 4.34. The molecule has 0 atom stereocenters. The fourth-order valence-corrected chi connectivity index (χ4v) is 2.54. The van der Waals surface area contributed by atoms with Crippen LogP contribution in [0, 0.1) is 6.92 Å². The molecule has 0 saturated carbocycles. The van der Waals surface area contributed by atoms with Gasteiger partial charge in [-0.1, -0.05) is 46.3 Å². The summed E-state index contributed by atoms with van der Waals surface area (Å²) in [5.41, 5.74) is 9.96. The van der Waals surface area contributed by atoms with Crippen LogP contribution in [-0.2, 0) is 6.54 Å². The molecule has 0 aromatic heterocycles. The smallest absolute Gasteiger partial charge is 0.104 e. The van der Waals surface area contributed by atoms with Gasteiger partial charge >= 0.3 is 0 Å². The van der Waals surface area contributed by atoms with Gasteiger partial charge in [0.2, 0.25) is 0 Å². The molecule has 0 aliphatic carbocycles. The van der Waals surface area contributed by atoms with Gasteiger partial charge in [0.1, 0.15) is 4.99 Å². The van der Waals surface area contributed by atoms with Crippen LogP contribution >= 0.6 is 28.1 Å². The topological polar surface area (TPSA) is 38.0 Å². The predicted octanol–water partition coefficient (Wildman–Crippen LogP) is 4.00. The van der Waals surface area contributed by atoms with Crippen molar-refractivity contribution >= 4 is 38.8 Å². The van der Waals surface area contributed by atoms with E-state index in [0.29, 0.717) is 4.99 Å². The quantitative estimate of drug-likeness (QED) is 0.830. The Morgan fingerprint density at radius 3 is 2.63 bits per heavy atom. The lowest BCUT2D eigenvalue weighted by Crippen LogP contribution is -2.11. The molecule has 2 aromatic rings. The highest BCUT2D eigenvalue weighted by Gasteiger charge is 2.03. The number of hydrogen-bond donors (Lipinski definition) is 2. The van der Waals surface area contributed by atoms with E-state index in [-0.39, 0.29) is 0 Å². The fraction of sp³-hybridized carbons (Fsp3) is 0.133. The van der Waals surface area contributed by atoms with Crippen molar-refractivity contribution in [3.63, 3.8) is 0 Å². The lowest BCUT2D eigenvalue weighted by atomic mass is 10.1. The third kappa shape index (κ3) is 3.55. The lowest BCUT2D eigenvalue weighted by molar-refractivity contribution is 1.13. The Balaban J connectivity index is 2.11. The summed E-state index contributed by atoms with van der Waals surface area (Å²) < 4.78 is 1.11. The van der Waals surface area contributed by atoms with E-state index in [1.54, 1.807) is 0 Å². The Bertz CT molecular complexity index is 611. The number of halogens is 1. The van der Waals surface area contributed by atoms with Gasteiger partial charge in [-0.05, 0) is 42.3 Å². The van der Waals surface area contributed by atoms with Crippen LogP contribution in [0.4, 0.5) is 5.69 Å². The SMILES string of the molecule is Cc1cc(NCc2ccccc2Br)ccc1C(N)=S. The van der Waals surface area contributed by atoms with Gasteiger partial charge < -0.3 is 11.1 Å². The van der Waals surface area contributed by atoms with Gasteiger partial charge in [0.25, 0.3) is 0 Å². The minimum atomic E-state index is 0.440. The fourth-order valence-electron chi connectivity index (χ4n) is 1.89. The standard InChI is InChI=1S/C15H15BrN2S/c1-10-8-12(6-7-13(10)15(17)19)18-9-11-4-2-3-5-14(11)16/h2-8,18H,9H2,1H3,(H2,17,19). The molecule has 0 amide bonds. The number of thiocarbonyl (C=S) groups is 1. The molecule has 19 heavy (non-hydrogen) atoms. The van der Waals surface area contributed by atoms with E-state index in [2.05, 4.69) is 33.4 Å². The van der Waals surface area contributed by atoms with Crippen molar-refractivity contribution in [2.24, 2.45) is 5.73 Å². The van der Waals surface area contributed by atoms with Gasteiger partial charge in [-0.25, -0.2) is 0 Å². The molecule has 0 spiro atoms. The zero-order chi connectivity index (χ0) is 13.8. The molecule has 0 aliphatic heterocycles. The maximum Gasteiger partial charge on any atom is 0.104 e. The average Bonchev–Trinajstić information content (AvgIpc) is 2.37. The monoisotopic (exact) mass is 334 g/mol. The molecule has 2 rings (SSSR count). The summed E-state index contributed by atoms with van der Waals surface area (Å²) >= 11 is 8.54. The van der Waals surface area contributed by atoms with E-state index in [1.165, 1.54) is 5.56 Å².